The number of aromatic hydroxyl groups is 2. The first-order valence-electron chi connectivity index (χ1n) is 11.2. The molecule has 3 N–H and O–H groups in total. The molecule has 2 aliphatic rings. The maximum Gasteiger partial charge on any atom is 0.264 e. The molecule has 0 radical (unpaired) electrons. The summed E-state index contributed by atoms with van der Waals surface area (Å²) in [5, 5.41) is 23.7. The minimum atomic E-state index is -0.558. The second-order valence-electron chi connectivity index (χ2n) is 8.39. The number of aryl methyl sites for hydroxylation is 2. The Morgan fingerprint density at radius 3 is 2.52 bits per heavy atom. The van der Waals surface area contributed by atoms with Crippen LogP contribution in [0.4, 0.5) is 11.4 Å². The van der Waals surface area contributed by atoms with Crippen LogP contribution in [0.2, 0.25) is 0 Å². The first-order valence-corrected chi connectivity index (χ1v) is 11.2. The van der Waals surface area contributed by atoms with Crippen LogP contribution in [-0.2, 0) is 13.0 Å². The maximum atomic E-state index is 12.8. The molecule has 33 heavy (non-hydrogen) atoms. The maximum absolute atomic E-state index is 12.8. The van der Waals surface area contributed by atoms with Gasteiger partial charge in [0, 0.05) is 37.2 Å². The van der Waals surface area contributed by atoms with Crippen LogP contribution >= 0.6 is 0 Å². The van der Waals surface area contributed by atoms with Crippen molar-refractivity contribution in [3.63, 3.8) is 0 Å². The molecule has 2 aliphatic heterocycles. The van der Waals surface area contributed by atoms with Crippen LogP contribution < -0.4 is 19.7 Å². The Morgan fingerprint density at radius 1 is 0.970 bits per heavy atom. The Kier molecular flexibility index (Phi) is 5.73. The Labute approximate surface area is 192 Å². The van der Waals surface area contributed by atoms with E-state index in [1.54, 1.807) is 0 Å². The van der Waals surface area contributed by atoms with Gasteiger partial charge in [0.2, 0.25) is 12.7 Å². The van der Waals surface area contributed by atoms with Crippen molar-refractivity contribution in [2.75, 3.05) is 30.1 Å². The Balaban J connectivity index is 1.24. The summed E-state index contributed by atoms with van der Waals surface area (Å²) in [5.74, 6) is 0.315. The highest BCUT2D eigenvalue weighted by Crippen LogP contribution is 2.34. The monoisotopic (exact) mass is 449 g/mol. The molecule has 1 amide bonds. The minimum absolute atomic E-state index is 0.138. The highest BCUT2D eigenvalue weighted by molar-refractivity contribution is 6.08. The number of carbonyl (C=O) groups excluding carboxylic acids is 1. The van der Waals surface area contributed by atoms with Crippen LogP contribution in [0.3, 0.4) is 0 Å². The van der Waals surface area contributed by atoms with Crippen molar-refractivity contribution in [2.45, 2.75) is 32.2 Å². The molecular weight excluding hydrogens is 422 g/mol. The number of fused-ring (bicyclic) bond motifs is 1. The normalized spacial score (nSPS) is 15.0. The van der Waals surface area contributed by atoms with E-state index in [4.69, 9.17) is 9.47 Å². The average Bonchev–Trinajstić information content (AvgIpc) is 3.41. The van der Waals surface area contributed by atoms with Crippen molar-refractivity contribution >= 4 is 17.3 Å². The van der Waals surface area contributed by atoms with Gasteiger partial charge in [-0.1, -0.05) is 6.07 Å². The number of carbonyl (C=O) groups is 1. The van der Waals surface area contributed by atoms with Gasteiger partial charge in [-0.25, -0.2) is 0 Å². The quantitative estimate of drug-likeness (QED) is 0.524. The van der Waals surface area contributed by atoms with E-state index in [0.717, 1.165) is 24.3 Å². The summed E-state index contributed by atoms with van der Waals surface area (Å²) in [6, 6.07) is 13.3. The molecule has 0 aliphatic carbocycles. The number of aromatic nitrogens is 1. The van der Waals surface area contributed by atoms with Crippen LogP contribution in [0.15, 0.2) is 48.7 Å². The van der Waals surface area contributed by atoms with E-state index in [0.29, 0.717) is 30.2 Å². The van der Waals surface area contributed by atoms with Crippen molar-refractivity contribution in [1.82, 2.24) is 4.57 Å². The van der Waals surface area contributed by atoms with Gasteiger partial charge in [-0.3, -0.25) is 4.79 Å². The number of amides is 1. The topological polar surface area (TPSA) is 96.2 Å². The number of hydrogen-bond acceptors (Lipinski definition) is 6. The number of benzene rings is 2. The van der Waals surface area contributed by atoms with Gasteiger partial charge in [0.1, 0.15) is 11.3 Å². The molecule has 0 bridgehead atoms. The zero-order valence-electron chi connectivity index (χ0n) is 18.3. The number of anilines is 2. The van der Waals surface area contributed by atoms with E-state index in [9.17, 15) is 15.0 Å². The fraction of sp³-hybridized carbons (Fsp3) is 0.320. The lowest BCUT2D eigenvalue weighted by Crippen LogP contribution is -2.29. The molecule has 0 spiro atoms. The lowest BCUT2D eigenvalue weighted by atomic mass is 10.1. The molecule has 172 valence electrons. The lowest BCUT2D eigenvalue weighted by molar-refractivity contribution is 0.102. The van der Waals surface area contributed by atoms with Gasteiger partial charge in [0.15, 0.2) is 11.5 Å². The molecule has 1 fully saturated rings. The van der Waals surface area contributed by atoms with Gasteiger partial charge in [-0.05, 0) is 67.6 Å². The number of ether oxygens (including phenoxy) is 2. The molecule has 2 aromatic carbocycles. The lowest BCUT2D eigenvalue weighted by Gasteiger charge is -2.28. The van der Waals surface area contributed by atoms with Crippen molar-refractivity contribution in [2.24, 2.45) is 0 Å². The molecule has 1 saturated heterocycles. The fourth-order valence-electron chi connectivity index (χ4n) is 4.37. The van der Waals surface area contributed by atoms with Gasteiger partial charge in [-0.2, -0.15) is 0 Å². The molecular formula is C25H27N3O5. The smallest absolute Gasteiger partial charge is 0.264 e. The predicted octanol–water partition coefficient (Wildman–Crippen LogP) is 4.11. The third kappa shape index (κ3) is 4.41. The van der Waals surface area contributed by atoms with E-state index in [-0.39, 0.29) is 24.0 Å². The second kappa shape index (κ2) is 8.97. The Morgan fingerprint density at radius 2 is 1.73 bits per heavy atom. The largest absolute Gasteiger partial charge is 0.505 e. The van der Waals surface area contributed by atoms with Crippen LogP contribution in [0.1, 0.15) is 35.2 Å². The van der Waals surface area contributed by atoms with Crippen molar-refractivity contribution in [3.8, 4) is 23.1 Å². The molecule has 3 aromatic rings. The zero-order valence-corrected chi connectivity index (χ0v) is 18.3. The Hall–Kier alpha value is -3.81. The Bertz CT molecular complexity index is 1150. The minimum Gasteiger partial charge on any atom is -0.505 e. The summed E-state index contributed by atoms with van der Waals surface area (Å²) >= 11 is 0. The molecule has 0 saturated carbocycles. The molecule has 0 unspecified atom stereocenters. The first-order chi connectivity index (χ1) is 16.1. The summed E-state index contributed by atoms with van der Waals surface area (Å²) in [7, 11) is 0. The van der Waals surface area contributed by atoms with Crippen LogP contribution in [0, 0.1) is 0 Å². The predicted molar refractivity (Wildman–Crippen MR) is 124 cm³/mol. The SMILES string of the molecule is O=C(Nc1ccc(N2CCCCC2)cc1)c1c(O)cn(CCc2ccc3c(c2)OCO3)c1O. The van der Waals surface area contributed by atoms with E-state index < -0.39 is 5.91 Å². The second-order valence-corrected chi connectivity index (χ2v) is 8.39. The fourth-order valence-corrected chi connectivity index (χ4v) is 4.37. The van der Waals surface area contributed by atoms with Gasteiger partial charge >= 0.3 is 0 Å². The van der Waals surface area contributed by atoms with E-state index >= 15 is 0 Å². The van der Waals surface area contributed by atoms with Crippen molar-refractivity contribution in [3.05, 3.63) is 59.8 Å². The van der Waals surface area contributed by atoms with E-state index in [1.165, 1.54) is 30.0 Å². The summed E-state index contributed by atoms with van der Waals surface area (Å²) < 4.78 is 12.2. The van der Waals surface area contributed by atoms with Gasteiger partial charge < -0.3 is 34.5 Å². The molecule has 8 nitrogen and oxygen atoms in total. The highest BCUT2D eigenvalue weighted by Gasteiger charge is 2.22. The van der Waals surface area contributed by atoms with Gasteiger partial charge in [-0.15, -0.1) is 0 Å². The van der Waals surface area contributed by atoms with Crippen molar-refractivity contribution in [1.29, 1.82) is 0 Å². The van der Waals surface area contributed by atoms with Crippen molar-refractivity contribution < 1.29 is 24.5 Å². The van der Waals surface area contributed by atoms with Gasteiger partial charge in [0.05, 0.1) is 0 Å². The van der Waals surface area contributed by atoms with Crippen LogP contribution in [0.5, 0.6) is 23.1 Å². The zero-order chi connectivity index (χ0) is 22.8. The third-order valence-electron chi connectivity index (χ3n) is 6.18. The van der Waals surface area contributed by atoms with E-state index in [2.05, 4.69) is 10.2 Å². The third-order valence-corrected chi connectivity index (χ3v) is 6.18. The summed E-state index contributed by atoms with van der Waals surface area (Å²) in [6.45, 7) is 2.70. The molecule has 1 aromatic heterocycles. The average molecular weight is 450 g/mol. The standard InChI is InChI=1S/C25H27N3O5/c29-20-15-28(13-10-17-4-9-21-22(14-17)33-16-32-21)25(31)23(20)24(30)26-18-5-7-19(8-6-18)27-11-2-1-3-12-27/h4-9,14-15,29,31H,1-3,10-13,16H2,(H,26,30). The van der Waals surface area contributed by atoms with Gasteiger partial charge in [0.25, 0.3) is 5.91 Å². The number of hydrogen-bond donors (Lipinski definition) is 3. The number of nitrogens with zero attached hydrogens (tertiary/aromatic N) is 2. The molecule has 0 atom stereocenters. The molecule has 8 heteroatoms. The molecule has 3 heterocycles. The number of piperidine rings is 1. The highest BCUT2D eigenvalue weighted by atomic mass is 16.7. The van der Waals surface area contributed by atoms with Crippen LogP contribution in [0.25, 0.3) is 0 Å². The van der Waals surface area contributed by atoms with E-state index in [1.807, 2.05) is 42.5 Å². The summed E-state index contributed by atoms with van der Waals surface area (Å²) in [5.41, 5.74) is 2.59. The summed E-state index contributed by atoms with van der Waals surface area (Å²) in [4.78, 5) is 15.1. The first kappa shape index (κ1) is 21.1. The molecule has 5 rings (SSSR count). The van der Waals surface area contributed by atoms with Crippen LogP contribution in [-0.4, -0.2) is 40.6 Å². The number of nitrogens with one attached hydrogen (secondary N) is 1. The number of rotatable bonds is 6. The summed E-state index contributed by atoms with van der Waals surface area (Å²) in [6.07, 6.45) is 5.62.